The van der Waals surface area contributed by atoms with Gasteiger partial charge >= 0.3 is 0 Å². The van der Waals surface area contributed by atoms with Gasteiger partial charge in [0, 0.05) is 11.6 Å². The zero-order valence-electron chi connectivity index (χ0n) is 17.0. The molecule has 5 rings (SSSR count). The van der Waals surface area contributed by atoms with Gasteiger partial charge in [-0.3, -0.25) is 4.79 Å². The Morgan fingerprint density at radius 1 is 0.931 bits per heavy atom. The highest BCUT2D eigenvalue weighted by molar-refractivity contribution is 5.98. The van der Waals surface area contributed by atoms with Crippen LogP contribution in [0.4, 0.5) is 0 Å². The molecule has 152 valence electrons. The highest BCUT2D eigenvalue weighted by Crippen LogP contribution is 2.46. The molecule has 0 atom stereocenters. The van der Waals surface area contributed by atoms with Crippen molar-refractivity contribution in [2.24, 2.45) is 0 Å². The van der Waals surface area contributed by atoms with Crippen molar-refractivity contribution in [2.75, 3.05) is 0 Å². The summed E-state index contributed by atoms with van der Waals surface area (Å²) in [7, 11) is 0. The summed E-state index contributed by atoms with van der Waals surface area (Å²) in [5.41, 5.74) is 0.487. The Labute approximate surface area is 167 Å². The predicted octanol–water partition coefficient (Wildman–Crippen LogP) is 4.56. The van der Waals surface area contributed by atoms with Crippen molar-refractivity contribution in [2.45, 2.75) is 64.6 Å². The minimum Gasteiger partial charge on any atom is -0.507 e. The maximum Gasteiger partial charge on any atom is 0.204 e. The van der Waals surface area contributed by atoms with Crippen molar-refractivity contribution in [3.8, 4) is 23.0 Å². The first-order chi connectivity index (χ1) is 13.6. The van der Waals surface area contributed by atoms with Gasteiger partial charge in [-0.25, -0.2) is 0 Å². The number of hydrogen-bond donors (Lipinski definition) is 2. The second-order valence-electron chi connectivity index (χ2n) is 9.32. The van der Waals surface area contributed by atoms with E-state index in [0.717, 1.165) is 18.4 Å². The molecule has 1 aromatic heterocycles. The molecule has 0 aliphatic carbocycles. The van der Waals surface area contributed by atoms with E-state index in [1.54, 1.807) is 12.1 Å². The van der Waals surface area contributed by atoms with Crippen molar-refractivity contribution in [3.63, 3.8) is 0 Å². The molecule has 0 spiro atoms. The summed E-state index contributed by atoms with van der Waals surface area (Å²) < 4.78 is 17.9. The van der Waals surface area contributed by atoms with E-state index in [-0.39, 0.29) is 44.5 Å². The number of hydrogen-bond acceptors (Lipinski definition) is 6. The number of aryl methyl sites for hydroxylation is 1. The third-order valence-electron chi connectivity index (χ3n) is 6.04. The van der Waals surface area contributed by atoms with Crippen molar-refractivity contribution in [1.29, 1.82) is 0 Å². The molecule has 0 saturated carbocycles. The Kier molecular flexibility index (Phi) is 3.50. The molecule has 0 bridgehead atoms. The fourth-order valence-electron chi connectivity index (χ4n) is 4.34. The van der Waals surface area contributed by atoms with Crippen molar-refractivity contribution in [1.82, 2.24) is 0 Å². The largest absolute Gasteiger partial charge is 0.507 e. The monoisotopic (exact) mass is 396 g/mol. The molecule has 0 radical (unpaired) electrons. The minimum atomic E-state index is -0.411. The van der Waals surface area contributed by atoms with Gasteiger partial charge in [-0.15, -0.1) is 0 Å². The lowest BCUT2D eigenvalue weighted by Crippen LogP contribution is -2.32. The second kappa shape index (κ2) is 5.59. The van der Waals surface area contributed by atoms with Gasteiger partial charge in [-0.05, 0) is 65.0 Å². The van der Waals surface area contributed by atoms with Gasteiger partial charge in [0.1, 0.15) is 33.7 Å². The molecule has 0 amide bonds. The standard InChI is InChI=1S/C23H24O6/c1-22(2)8-6-12-14(28-22)10-15-16(17(12)24)18(25)13-9-11-5-7-23(3,4)29-20(11)19(26)21(13)27-15/h9-10,24,26H,5-8H2,1-4H3. The summed E-state index contributed by atoms with van der Waals surface area (Å²) in [4.78, 5) is 13.3. The normalized spacial score (nSPS) is 19.3. The van der Waals surface area contributed by atoms with E-state index in [4.69, 9.17) is 13.9 Å². The predicted molar refractivity (Wildman–Crippen MR) is 109 cm³/mol. The van der Waals surface area contributed by atoms with Crippen molar-refractivity contribution < 1.29 is 24.1 Å². The van der Waals surface area contributed by atoms with Gasteiger partial charge in [0.15, 0.2) is 11.3 Å². The molecule has 2 aliphatic rings. The maximum atomic E-state index is 13.3. The number of phenols is 2. The van der Waals surface area contributed by atoms with Crippen LogP contribution in [0.2, 0.25) is 0 Å². The van der Waals surface area contributed by atoms with Crippen LogP contribution < -0.4 is 14.9 Å². The van der Waals surface area contributed by atoms with Crippen LogP contribution in [0, 0.1) is 0 Å². The lowest BCUT2D eigenvalue weighted by Gasteiger charge is -2.33. The van der Waals surface area contributed by atoms with E-state index in [1.807, 2.05) is 27.7 Å². The van der Waals surface area contributed by atoms with Gasteiger partial charge in [-0.2, -0.15) is 0 Å². The van der Waals surface area contributed by atoms with E-state index in [9.17, 15) is 15.0 Å². The Bertz CT molecular complexity index is 1250. The number of benzene rings is 2. The number of rotatable bonds is 0. The second-order valence-corrected chi connectivity index (χ2v) is 9.32. The van der Waals surface area contributed by atoms with E-state index in [2.05, 4.69) is 0 Å². The lowest BCUT2D eigenvalue weighted by atomic mass is 9.91. The highest BCUT2D eigenvalue weighted by atomic mass is 16.5. The van der Waals surface area contributed by atoms with Crippen LogP contribution in [0.5, 0.6) is 23.0 Å². The van der Waals surface area contributed by atoms with Gasteiger partial charge in [0.2, 0.25) is 11.2 Å². The number of phenolic OH excluding ortho intramolecular Hbond substituents is 2. The summed E-state index contributed by atoms with van der Waals surface area (Å²) in [6.45, 7) is 7.87. The van der Waals surface area contributed by atoms with Crippen LogP contribution >= 0.6 is 0 Å². The topological polar surface area (TPSA) is 89.1 Å². The average molecular weight is 396 g/mol. The quantitative estimate of drug-likeness (QED) is 0.541. The van der Waals surface area contributed by atoms with Gasteiger partial charge in [0.25, 0.3) is 0 Å². The molecule has 0 fully saturated rings. The Morgan fingerprint density at radius 3 is 2.38 bits per heavy atom. The highest BCUT2D eigenvalue weighted by Gasteiger charge is 2.33. The summed E-state index contributed by atoms with van der Waals surface area (Å²) in [6, 6.07) is 3.35. The molecule has 29 heavy (non-hydrogen) atoms. The number of aromatic hydroxyl groups is 2. The Balaban J connectivity index is 1.83. The smallest absolute Gasteiger partial charge is 0.204 e. The van der Waals surface area contributed by atoms with E-state index >= 15 is 0 Å². The van der Waals surface area contributed by atoms with E-state index in [1.165, 1.54) is 0 Å². The molecule has 0 unspecified atom stereocenters. The van der Waals surface area contributed by atoms with Crippen LogP contribution in [0.1, 0.15) is 51.7 Å². The van der Waals surface area contributed by atoms with Crippen LogP contribution in [-0.4, -0.2) is 21.4 Å². The fraction of sp³-hybridized carbons (Fsp3) is 0.435. The van der Waals surface area contributed by atoms with E-state index < -0.39 is 5.60 Å². The first kappa shape index (κ1) is 18.2. The maximum absolute atomic E-state index is 13.3. The van der Waals surface area contributed by atoms with E-state index in [0.29, 0.717) is 29.9 Å². The summed E-state index contributed by atoms with van der Waals surface area (Å²) >= 11 is 0. The van der Waals surface area contributed by atoms with Gasteiger partial charge in [-0.1, -0.05) is 0 Å². The molecule has 2 aliphatic heterocycles. The first-order valence-electron chi connectivity index (χ1n) is 9.94. The average Bonchev–Trinajstić information content (AvgIpc) is 2.62. The fourth-order valence-corrected chi connectivity index (χ4v) is 4.34. The summed E-state index contributed by atoms with van der Waals surface area (Å²) in [5.74, 6) is 0.584. The molecule has 2 aromatic carbocycles. The molecule has 6 heteroatoms. The van der Waals surface area contributed by atoms with Gasteiger partial charge in [0.05, 0.1) is 5.39 Å². The molecule has 3 aromatic rings. The van der Waals surface area contributed by atoms with Crippen LogP contribution in [0.15, 0.2) is 21.3 Å². The van der Waals surface area contributed by atoms with Gasteiger partial charge < -0.3 is 24.1 Å². The summed E-state index contributed by atoms with van der Waals surface area (Å²) in [6.07, 6.45) is 2.80. The molecule has 3 heterocycles. The number of fused-ring (bicyclic) bond motifs is 4. The SMILES string of the molecule is CC1(C)CCc2c(cc3oc4c(O)c5c(cc4c(=O)c3c2O)CCC(C)(C)O5)O1. The molecule has 2 N–H and O–H groups in total. The minimum absolute atomic E-state index is 0.0633. The van der Waals surface area contributed by atoms with Crippen LogP contribution in [0.3, 0.4) is 0 Å². The Hall–Kier alpha value is -2.89. The molecule has 6 nitrogen and oxygen atoms in total. The zero-order valence-corrected chi connectivity index (χ0v) is 17.0. The van der Waals surface area contributed by atoms with Crippen LogP contribution in [-0.2, 0) is 12.8 Å². The van der Waals surface area contributed by atoms with Crippen LogP contribution in [0.25, 0.3) is 21.9 Å². The lowest BCUT2D eigenvalue weighted by molar-refractivity contribution is 0.0808. The first-order valence-corrected chi connectivity index (χ1v) is 9.94. The number of ether oxygens (including phenoxy) is 2. The Morgan fingerprint density at radius 2 is 1.62 bits per heavy atom. The van der Waals surface area contributed by atoms with Crippen molar-refractivity contribution >= 4 is 21.9 Å². The molecular weight excluding hydrogens is 372 g/mol. The third-order valence-corrected chi connectivity index (χ3v) is 6.04. The molecule has 0 saturated heterocycles. The zero-order chi connectivity index (χ0) is 20.7. The summed E-state index contributed by atoms with van der Waals surface area (Å²) in [5, 5.41) is 22.1. The molecular formula is C23H24O6. The third kappa shape index (κ3) is 2.65. The van der Waals surface area contributed by atoms with Crippen molar-refractivity contribution in [3.05, 3.63) is 33.5 Å².